The topological polar surface area (TPSA) is 127 Å². The Bertz CT molecular complexity index is 1580. The van der Waals surface area contributed by atoms with E-state index in [1.54, 1.807) is 56.9 Å². The molecule has 252 valence electrons. The second-order valence-corrected chi connectivity index (χ2v) is 13.4. The molecule has 1 saturated heterocycles. The van der Waals surface area contributed by atoms with Crippen molar-refractivity contribution >= 4 is 40.5 Å². The first-order chi connectivity index (χ1) is 22.5. The van der Waals surface area contributed by atoms with Gasteiger partial charge in [-0.1, -0.05) is 30.3 Å². The summed E-state index contributed by atoms with van der Waals surface area (Å²) in [5.41, 5.74) is 1.29. The Hall–Kier alpha value is -4.41. The summed E-state index contributed by atoms with van der Waals surface area (Å²) in [6.45, 7) is 6.92. The molecular formula is C36H44FN3O7. The maximum absolute atomic E-state index is 14.0. The van der Waals surface area contributed by atoms with Crippen molar-refractivity contribution in [1.29, 1.82) is 0 Å². The summed E-state index contributed by atoms with van der Waals surface area (Å²) in [6.07, 6.45) is 2.21. The fraction of sp³-hybridized carbons (Fsp3) is 0.500. The molecule has 1 saturated carbocycles. The lowest BCUT2D eigenvalue weighted by Crippen LogP contribution is -2.49. The number of esters is 1. The Kier molecular flexibility index (Phi) is 10.5. The van der Waals surface area contributed by atoms with E-state index in [0.29, 0.717) is 55.3 Å². The van der Waals surface area contributed by atoms with Crippen molar-refractivity contribution in [2.75, 3.05) is 25.1 Å². The van der Waals surface area contributed by atoms with Crippen LogP contribution in [0.4, 0.5) is 14.9 Å². The number of alkyl halides is 1. The van der Waals surface area contributed by atoms with Gasteiger partial charge in [-0.15, -0.1) is 0 Å². The number of nitrogens with one attached hydrogen (secondary N) is 2. The van der Waals surface area contributed by atoms with Crippen molar-refractivity contribution < 1.29 is 37.5 Å². The second-order valence-electron chi connectivity index (χ2n) is 13.4. The molecule has 1 aromatic heterocycles. The van der Waals surface area contributed by atoms with Crippen molar-refractivity contribution in [1.82, 2.24) is 10.2 Å². The monoisotopic (exact) mass is 649 g/mol. The predicted molar refractivity (Wildman–Crippen MR) is 175 cm³/mol. The number of carbonyl (C=O) groups excluding carboxylic acids is 4. The van der Waals surface area contributed by atoms with Gasteiger partial charge in [-0.05, 0) is 95.5 Å². The number of benzene rings is 2. The van der Waals surface area contributed by atoms with Crippen LogP contribution >= 0.6 is 0 Å². The van der Waals surface area contributed by atoms with Crippen LogP contribution in [0.15, 0.2) is 59.0 Å². The van der Waals surface area contributed by atoms with Crippen LogP contribution in [-0.2, 0) is 19.1 Å². The Morgan fingerprint density at radius 3 is 2.38 bits per heavy atom. The summed E-state index contributed by atoms with van der Waals surface area (Å²) in [5.74, 6) is -1.48. The van der Waals surface area contributed by atoms with Gasteiger partial charge in [-0.3, -0.25) is 9.59 Å². The highest BCUT2D eigenvalue weighted by atomic mass is 19.1. The Morgan fingerprint density at radius 1 is 1.00 bits per heavy atom. The van der Waals surface area contributed by atoms with E-state index in [0.717, 1.165) is 5.56 Å². The first kappa shape index (κ1) is 33.9. The van der Waals surface area contributed by atoms with E-state index in [9.17, 15) is 23.6 Å². The summed E-state index contributed by atoms with van der Waals surface area (Å²) in [4.78, 5) is 54.2. The average Bonchev–Trinajstić information content (AvgIpc) is 3.68. The lowest BCUT2D eigenvalue weighted by Gasteiger charge is -2.36. The van der Waals surface area contributed by atoms with Gasteiger partial charge in [0.25, 0.3) is 0 Å². The molecule has 2 fully saturated rings. The number of anilines is 1. The summed E-state index contributed by atoms with van der Waals surface area (Å²) in [6, 6.07) is 15.0. The number of carbonyl (C=O) groups is 4. The molecule has 2 aliphatic rings. The minimum absolute atomic E-state index is 0.0789. The number of alkyl carbamates (subject to hydrolysis) is 1. The minimum atomic E-state index is -0.731. The maximum atomic E-state index is 14.0. The van der Waals surface area contributed by atoms with Gasteiger partial charge in [0, 0.05) is 29.5 Å². The number of amides is 3. The lowest BCUT2D eigenvalue weighted by molar-refractivity contribution is -0.141. The molecule has 3 aromatic rings. The third kappa shape index (κ3) is 8.12. The smallest absolute Gasteiger partial charge is 0.407 e. The molecule has 0 radical (unpaired) electrons. The summed E-state index contributed by atoms with van der Waals surface area (Å²) in [7, 11) is 0. The number of rotatable bonds is 9. The van der Waals surface area contributed by atoms with Crippen LogP contribution in [0.2, 0.25) is 0 Å². The van der Waals surface area contributed by atoms with E-state index >= 15 is 0 Å². The second kappa shape index (κ2) is 14.6. The molecule has 1 aliphatic carbocycles. The number of furan rings is 1. The molecule has 0 bridgehead atoms. The summed E-state index contributed by atoms with van der Waals surface area (Å²) in [5, 5.41) is 6.31. The van der Waals surface area contributed by atoms with Gasteiger partial charge in [0.05, 0.1) is 12.6 Å². The Morgan fingerprint density at radius 2 is 1.72 bits per heavy atom. The minimum Gasteiger partial charge on any atom is -0.460 e. The quantitative estimate of drug-likeness (QED) is 0.250. The number of hydrogen-bond donors (Lipinski definition) is 2. The van der Waals surface area contributed by atoms with Crippen LogP contribution in [0.1, 0.15) is 81.8 Å². The molecule has 5 rings (SSSR count). The number of ether oxygens (including phenoxy) is 2. The molecule has 47 heavy (non-hydrogen) atoms. The van der Waals surface area contributed by atoms with Crippen molar-refractivity contribution in [3.63, 3.8) is 0 Å². The Labute approximate surface area is 274 Å². The van der Waals surface area contributed by atoms with Gasteiger partial charge >= 0.3 is 12.1 Å². The first-order valence-electron chi connectivity index (χ1n) is 16.4. The van der Waals surface area contributed by atoms with Crippen LogP contribution in [0.25, 0.3) is 11.0 Å². The highest BCUT2D eigenvalue weighted by Crippen LogP contribution is 2.39. The lowest BCUT2D eigenvalue weighted by atomic mass is 9.78. The number of halogens is 1. The van der Waals surface area contributed by atoms with Gasteiger partial charge in [-0.25, -0.2) is 14.0 Å². The zero-order chi connectivity index (χ0) is 33.7. The van der Waals surface area contributed by atoms with Crippen LogP contribution in [0.5, 0.6) is 0 Å². The zero-order valence-electron chi connectivity index (χ0n) is 27.4. The van der Waals surface area contributed by atoms with Crippen molar-refractivity contribution in [3.05, 3.63) is 65.9 Å². The van der Waals surface area contributed by atoms with Gasteiger partial charge in [-0.2, -0.15) is 0 Å². The largest absolute Gasteiger partial charge is 0.460 e. The normalized spacial score (nSPS) is 22.0. The van der Waals surface area contributed by atoms with Gasteiger partial charge in [0.1, 0.15) is 23.9 Å². The van der Waals surface area contributed by atoms with Crippen molar-refractivity contribution in [2.24, 2.45) is 11.8 Å². The van der Waals surface area contributed by atoms with Gasteiger partial charge in [0.2, 0.25) is 17.6 Å². The average molecular weight is 650 g/mol. The van der Waals surface area contributed by atoms with Crippen LogP contribution in [-0.4, -0.2) is 66.3 Å². The molecule has 10 nitrogen and oxygen atoms in total. The standard InChI is InChI=1S/C36H44FN3O7/c1-5-45-34(43)30-20-25-19-26(15-16-29(25)46-30)38-32(41)31-27(22-9-7-6-8-10-22)17-18-40(31)33(42)24-13-11-23(12-14-24)28(21-37)39-35(44)47-36(2,3)4/h6-10,15-16,19-20,23-24,27-28,31H,5,11-14,17-18,21H2,1-4H3,(H,38,41)(H,39,44)/t23-,24-,27-,28?,31+/m1/s1. The van der Waals surface area contributed by atoms with Gasteiger partial charge in [0.15, 0.2) is 0 Å². The predicted octanol–water partition coefficient (Wildman–Crippen LogP) is 6.60. The molecule has 1 unspecified atom stereocenters. The molecule has 1 aliphatic heterocycles. The maximum Gasteiger partial charge on any atom is 0.407 e. The molecule has 11 heteroatoms. The molecular weight excluding hydrogens is 605 g/mol. The summed E-state index contributed by atoms with van der Waals surface area (Å²) >= 11 is 0. The number of nitrogens with zero attached hydrogens (tertiary/aromatic N) is 1. The van der Waals surface area contributed by atoms with E-state index in [1.807, 2.05) is 30.3 Å². The molecule has 2 N–H and O–H groups in total. The van der Waals surface area contributed by atoms with Crippen LogP contribution in [0.3, 0.4) is 0 Å². The number of fused-ring (bicyclic) bond motifs is 1. The first-order valence-corrected chi connectivity index (χ1v) is 16.4. The van der Waals surface area contributed by atoms with E-state index < -0.39 is 36.4 Å². The fourth-order valence-corrected chi connectivity index (χ4v) is 6.80. The van der Waals surface area contributed by atoms with Crippen LogP contribution in [0, 0.1) is 11.8 Å². The van der Waals surface area contributed by atoms with E-state index in [-0.39, 0.29) is 41.9 Å². The number of likely N-dealkylation sites (tertiary alicyclic amines) is 1. The van der Waals surface area contributed by atoms with Crippen LogP contribution < -0.4 is 10.6 Å². The molecule has 3 amide bonds. The summed E-state index contributed by atoms with van der Waals surface area (Å²) < 4.78 is 30.0. The molecule has 3 atom stereocenters. The Balaban J connectivity index is 1.29. The fourth-order valence-electron chi connectivity index (χ4n) is 6.80. The van der Waals surface area contributed by atoms with E-state index in [2.05, 4.69) is 10.6 Å². The van der Waals surface area contributed by atoms with E-state index in [4.69, 9.17) is 13.9 Å². The SMILES string of the molecule is CCOC(=O)c1cc2cc(NC(=O)[C@@H]3[C@@H](c4ccccc4)CCN3C(=O)[C@H]3CC[C@H](C(CF)NC(=O)OC(C)(C)C)CC3)ccc2o1. The van der Waals surface area contributed by atoms with Crippen molar-refractivity contribution in [3.8, 4) is 0 Å². The molecule has 2 heterocycles. The van der Waals surface area contributed by atoms with Gasteiger partial charge < -0.3 is 29.4 Å². The highest BCUT2D eigenvalue weighted by Gasteiger charge is 2.45. The molecule has 0 spiro atoms. The van der Waals surface area contributed by atoms with Crippen molar-refractivity contribution in [2.45, 2.75) is 83.4 Å². The third-order valence-electron chi connectivity index (χ3n) is 9.00. The zero-order valence-corrected chi connectivity index (χ0v) is 27.4. The third-order valence-corrected chi connectivity index (χ3v) is 9.00. The molecule has 2 aromatic carbocycles. The highest BCUT2D eigenvalue weighted by molar-refractivity contribution is 6.00. The number of hydrogen-bond acceptors (Lipinski definition) is 7. The van der Waals surface area contributed by atoms with E-state index in [1.165, 1.54) is 0 Å².